The van der Waals surface area contributed by atoms with Crippen molar-refractivity contribution in [3.63, 3.8) is 0 Å². The lowest BCUT2D eigenvalue weighted by Crippen LogP contribution is -2.14. The molecule has 0 bridgehead atoms. The zero-order valence-corrected chi connectivity index (χ0v) is 17.7. The van der Waals surface area contributed by atoms with Gasteiger partial charge >= 0.3 is 0 Å². The largest absolute Gasteiger partial charge is 0.497 e. The fraction of sp³-hybridized carbons (Fsp3) is 0.190. The smallest absolute Gasteiger partial charge is 0.236 e. The molecule has 4 aromatic rings. The van der Waals surface area contributed by atoms with Crippen molar-refractivity contribution < 1.29 is 9.53 Å². The van der Waals surface area contributed by atoms with Gasteiger partial charge in [0.25, 0.3) is 0 Å². The summed E-state index contributed by atoms with van der Waals surface area (Å²) in [5, 5.41) is 4.32. The molecule has 1 N–H and O–H groups in total. The molecule has 29 heavy (non-hydrogen) atoms. The van der Waals surface area contributed by atoms with E-state index in [2.05, 4.69) is 21.4 Å². The van der Waals surface area contributed by atoms with Crippen LogP contribution in [0.25, 0.3) is 10.2 Å². The maximum Gasteiger partial charge on any atom is 0.236 e. The number of nitrogens with zero attached hydrogens (tertiary/aromatic N) is 3. The third-order valence-electron chi connectivity index (χ3n) is 4.31. The lowest BCUT2D eigenvalue weighted by atomic mass is 10.2. The van der Waals surface area contributed by atoms with Gasteiger partial charge in [-0.05, 0) is 42.3 Å². The number of benzene rings is 2. The predicted octanol–water partition coefficient (Wildman–Crippen LogP) is 4.59. The summed E-state index contributed by atoms with van der Waals surface area (Å²) >= 11 is 2.90. The summed E-state index contributed by atoms with van der Waals surface area (Å²) in [6.07, 6.45) is 3.67. The number of anilines is 1. The van der Waals surface area contributed by atoms with Crippen LogP contribution in [0.1, 0.15) is 11.1 Å². The Morgan fingerprint density at radius 2 is 2.07 bits per heavy atom. The van der Waals surface area contributed by atoms with Gasteiger partial charge in [-0.15, -0.1) is 0 Å². The Hall–Kier alpha value is -2.84. The van der Waals surface area contributed by atoms with Crippen LogP contribution >= 0.6 is 23.1 Å². The number of fused-ring (bicyclic) bond motifs is 1. The molecule has 0 fully saturated rings. The molecule has 148 valence electrons. The summed E-state index contributed by atoms with van der Waals surface area (Å²) in [5.74, 6) is 1.01. The first-order valence-corrected chi connectivity index (χ1v) is 10.8. The van der Waals surface area contributed by atoms with E-state index >= 15 is 0 Å². The molecule has 2 aromatic heterocycles. The van der Waals surface area contributed by atoms with E-state index < -0.39 is 0 Å². The molecular formula is C21H20N4O2S2. The topological polar surface area (TPSA) is 69.0 Å². The zero-order chi connectivity index (χ0) is 20.2. The molecule has 0 atom stereocenters. The normalized spacial score (nSPS) is 11.0. The molecule has 0 saturated heterocycles. The summed E-state index contributed by atoms with van der Waals surface area (Å²) in [5.41, 5.74) is 3.22. The minimum absolute atomic E-state index is 0.0928. The number of rotatable bonds is 7. The third kappa shape index (κ3) is 4.78. The van der Waals surface area contributed by atoms with Crippen LogP contribution in [0.3, 0.4) is 0 Å². The number of methoxy groups -OCH3 is 1. The molecule has 1 amide bonds. The van der Waals surface area contributed by atoms with Crippen LogP contribution in [-0.4, -0.2) is 33.3 Å². The molecule has 0 radical (unpaired) electrons. The van der Waals surface area contributed by atoms with E-state index in [1.54, 1.807) is 13.3 Å². The number of hydrogen-bond donors (Lipinski definition) is 1. The molecule has 0 aliphatic rings. The average Bonchev–Trinajstić information content (AvgIpc) is 3.32. The highest BCUT2D eigenvalue weighted by Crippen LogP contribution is 2.27. The van der Waals surface area contributed by atoms with Gasteiger partial charge in [-0.2, -0.15) is 0 Å². The van der Waals surface area contributed by atoms with Crippen LogP contribution in [0.15, 0.2) is 60.0 Å². The number of thiazole rings is 1. The fourth-order valence-corrected chi connectivity index (χ4v) is 4.59. The van der Waals surface area contributed by atoms with Crippen molar-refractivity contribution >= 4 is 44.4 Å². The highest BCUT2D eigenvalue weighted by Gasteiger charge is 2.11. The van der Waals surface area contributed by atoms with Gasteiger partial charge in [-0.3, -0.25) is 4.79 Å². The Morgan fingerprint density at radius 1 is 1.24 bits per heavy atom. The number of thioether (sulfide) groups is 1. The van der Waals surface area contributed by atoms with Crippen molar-refractivity contribution in [1.29, 1.82) is 0 Å². The van der Waals surface area contributed by atoms with Crippen molar-refractivity contribution in [3.05, 3.63) is 66.0 Å². The van der Waals surface area contributed by atoms with E-state index in [9.17, 15) is 4.79 Å². The van der Waals surface area contributed by atoms with Gasteiger partial charge in [0.15, 0.2) is 10.3 Å². The fourth-order valence-electron chi connectivity index (χ4n) is 2.85. The monoisotopic (exact) mass is 424 g/mol. The van der Waals surface area contributed by atoms with Gasteiger partial charge < -0.3 is 14.6 Å². The average molecular weight is 425 g/mol. The highest BCUT2D eigenvalue weighted by molar-refractivity contribution is 7.99. The molecule has 6 nitrogen and oxygen atoms in total. The number of hydrogen-bond acceptors (Lipinski definition) is 6. The molecular weight excluding hydrogens is 404 g/mol. The van der Waals surface area contributed by atoms with Crippen LogP contribution in [0, 0.1) is 6.92 Å². The van der Waals surface area contributed by atoms with Crippen LogP contribution in [0.2, 0.25) is 0 Å². The summed E-state index contributed by atoms with van der Waals surface area (Å²) in [7, 11) is 1.65. The molecule has 0 aliphatic heterocycles. The number of carbonyl (C=O) groups is 1. The van der Waals surface area contributed by atoms with Crippen molar-refractivity contribution in [3.8, 4) is 5.75 Å². The number of nitrogens with one attached hydrogen (secondary N) is 1. The zero-order valence-electron chi connectivity index (χ0n) is 16.1. The van der Waals surface area contributed by atoms with E-state index in [0.717, 1.165) is 26.7 Å². The molecule has 0 unspecified atom stereocenters. The van der Waals surface area contributed by atoms with E-state index in [1.165, 1.54) is 28.7 Å². The second-order valence-corrected chi connectivity index (χ2v) is 8.49. The Balaban J connectivity index is 1.36. The number of imidazole rings is 1. The molecule has 4 rings (SSSR count). The Labute approximate surface area is 176 Å². The minimum atomic E-state index is -0.0928. The second-order valence-electron chi connectivity index (χ2n) is 6.51. The predicted molar refractivity (Wildman–Crippen MR) is 118 cm³/mol. The summed E-state index contributed by atoms with van der Waals surface area (Å²) in [6, 6.07) is 14.0. The summed E-state index contributed by atoms with van der Waals surface area (Å²) in [4.78, 5) is 21.2. The lowest BCUT2D eigenvalue weighted by Gasteiger charge is -2.08. The van der Waals surface area contributed by atoms with Crippen LogP contribution in [0.4, 0.5) is 5.13 Å². The Kier molecular flexibility index (Phi) is 5.82. The first-order valence-electron chi connectivity index (χ1n) is 9.04. The third-order valence-corrected chi connectivity index (χ3v) is 6.25. The SMILES string of the molecule is COc1ccc(Cn2ccnc2SCC(=O)Nc2nc3ccc(C)cc3s2)cc1. The van der Waals surface area contributed by atoms with Crippen molar-refractivity contribution in [2.24, 2.45) is 0 Å². The van der Waals surface area contributed by atoms with Crippen LogP contribution in [-0.2, 0) is 11.3 Å². The van der Waals surface area contributed by atoms with E-state index in [1.807, 2.05) is 54.1 Å². The minimum Gasteiger partial charge on any atom is -0.497 e. The second kappa shape index (κ2) is 8.67. The molecule has 0 saturated carbocycles. The van der Waals surface area contributed by atoms with Gasteiger partial charge in [0.2, 0.25) is 5.91 Å². The van der Waals surface area contributed by atoms with Gasteiger partial charge in [0.1, 0.15) is 5.75 Å². The maximum absolute atomic E-state index is 12.4. The molecule has 2 heterocycles. The maximum atomic E-state index is 12.4. The number of aromatic nitrogens is 3. The van der Waals surface area contributed by atoms with Crippen molar-refractivity contribution in [2.45, 2.75) is 18.6 Å². The first kappa shape index (κ1) is 19.5. The lowest BCUT2D eigenvalue weighted by molar-refractivity contribution is -0.113. The highest BCUT2D eigenvalue weighted by atomic mass is 32.2. The number of ether oxygens (including phenoxy) is 1. The first-order chi connectivity index (χ1) is 14.1. The van der Waals surface area contributed by atoms with Gasteiger partial charge in [0.05, 0.1) is 23.1 Å². The van der Waals surface area contributed by atoms with E-state index in [0.29, 0.717) is 11.7 Å². The van der Waals surface area contributed by atoms with Crippen LogP contribution in [0.5, 0.6) is 5.75 Å². The van der Waals surface area contributed by atoms with Crippen molar-refractivity contribution in [2.75, 3.05) is 18.2 Å². The molecule has 8 heteroatoms. The number of aryl methyl sites for hydroxylation is 1. The Bertz CT molecular complexity index is 1140. The molecule has 2 aromatic carbocycles. The van der Waals surface area contributed by atoms with Gasteiger partial charge in [-0.1, -0.05) is 41.3 Å². The molecule has 0 spiro atoms. The number of carbonyl (C=O) groups excluding carboxylic acids is 1. The molecule has 0 aliphatic carbocycles. The Morgan fingerprint density at radius 3 is 2.86 bits per heavy atom. The number of amides is 1. The summed E-state index contributed by atoms with van der Waals surface area (Å²) < 4.78 is 8.30. The summed E-state index contributed by atoms with van der Waals surface area (Å²) in [6.45, 7) is 2.73. The van der Waals surface area contributed by atoms with Crippen molar-refractivity contribution in [1.82, 2.24) is 14.5 Å². The quantitative estimate of drug-likeness (QED) is 0.440. The van der Waals surface area contributed by atoms with Gasteiger partial charge in [0, 0.05) is 18.9 Å². The van der Waals surface area contributed by atoms with Crippen LogP contribution < -0.4 is 10.1 Å². The van der Waals surface area contributed by atoms with E-state index in [-0.39, 0.29) is 11.7 Å². The standard InChI is InChI=1S/C21H20N4O2S2/c1-14-3-8-17-18(11-14)29-20(23-17)24-19(26)13-28-21-22-9-10-25(21)12-15-4-6-16(27-2)7-5-15/h3-11H,12-13H2,1-2H3,(H,23,24,26). The van der Waals surface area contributed by atoms with E-state index in [4.69, 9.17) is 4.74 Å². The van der Waals surface area contributed by atoms with Gasteiger partial charge in [-0.25, -0.2) is 9.97 Å².